The number of nitrogens with one attached hydrogen (secondary N) is 2. The Labute approximate surface area is 193 Å². The summed E-state index contributed by atoms with van der Waals surface area (Å²) < 4.78 is 11.8. The molecule has 0 spiro atoms. The number of nitro groups is 1. The Kier molecular flexibility index (Phi) is 7.54. The summed E-state index contributed by atoms with van der Waals surface area (Å²) in [6.45, 7) is 2.71. The first kappa shape index (κ1) is 23.9. The fourth-order valence-corrected chi connectivity index (χ4v) is 2.84. The fourth-order valence-electron chi connectivity index (χ4n) is 2.84. The molecule has 3 rings (SSSR count). The van der Waals surface area contributed by atoms with E-state index in [0.717, 1.165) is 0 Å². The van der Waals surface area contributed by atoms with Crippen molar-refractivity contribution in [2.24, 2.45) is 0 Å². The third kappa shape index (κ3) is 6.16. The van der Waals surface area contributed by atoms with Crippen molar-refractivity contribution >= 4 is 34.8 Å². The lowest BCUT2D eigenvalue weighted by Gasteiger charge is -2.08. The van der Waals surface area contributed by atoms with Crippen LogP contribution in [0.15, 0.2) is 54.7 Å². The van der Waals surface area contributed by atoms with Crippen LogP contribution in [0, 0.1) is 10.1 Å². The lowest BCUT2D eigenvalue weighted by molar-refractivity contribution is -0.384. The number of amides is 2. The molecule has 0 aliphatic heterocycles. The van der Waals surface area contributed by atoms with Gasteiger partial charge in [0.1, 0.15) is 0 Å². The van der Waals surface area contributed by atoms with E-state index in [-0.39, 0.29) is 29.6 Å². The molecule has 12 heteroatoms. The lowest BCUT2D eigenvalue weighted by atomic mass is 10.2. The topological polar surface area (TPSA) is 155 Å². The van der Waals surface area contributed by atoms with Gasteiger partial charge in [0, 0.05) is 30.4 Å². The molecular formula is C22H21N5O7. The van der Waals surface area contributed by atoms with Crippen molar-refractivity contribution in [1.29, 1.82) is 0 Å². The number of non-ortho nitro benzene ring substituents is 1. The monoisotopic (exact) mass is 467 g/mol. The van der Waals surface area contributed by atoms with Crippen molar-refractivity contribution < 1.29 is 28.8 Å². The van der Waals surface area contributed by atoms with E-state index < -0.39 is 23.4 Å². The Morgan fingerprint density at radius 1 is 1.03 bits per heavy atom. The summed E-state index contributed by atoms with van der Waals surface area (Å²) in [5.74, 6) is -1.44. The molecule has 0 aliphatic carbocycles. The predicted molar refractivity (Wildman–Crippen MR) is 121 cm³/mol. The second-order valence-corrected chi connectivity index (χ2v) is 6.88. The minimum absolute atomic E-state index is 0.00737. The van der Waals surface area contributed by atoms with Crippen molar-refractivity contribution in [1.82, 2.24) is 9.78 Å². The molecule has 0 atom stereocenters. The van der Waals surface area contributed by atoms with Crippen LogP contribution in [0.25, 0.3) is 5.69 Å². The van der Waals surface area contributed by atoms with E-state index in [2.05, 4.69) is 15.7 Å². The van der Waals surface area contributed by atoms with Crippen molar-refractivity contribution in [3.8, 4) is 11.4 Å². The highest BCUT2D eigenvalue weighted by molar-refractivity contribution is 5.94. The smallest absolute Gasteiger partial charge is 0.362 e. The van der Waals surface area contributed by atoms with E-state index in [9.17, 15) is 24.5 Å². The molecule has 0 radical (unpaired) electrons. The first-order chi connectivity index (χ1) is 16.3. The summed E-state index contributed by atoms with van der Waals surface area (Å²) in [7, 11) is 0. The van der Waals surface area contributed by atoms with Gasteiger partial charge in [0.05, 0.1) is 23.4 Å². The first-order valence-corrected chi connectivity index (χ1v) is 10.1. The maximum Gasteiger partial charge on any atom is 0.362 e. The van der Waals surface area contributed by atoms with E-state index in [1.807, 2.05) is 0 Å². The minimum Gasteiger partial charge on any atom is -0.480 e. The molecule has 0 saturated heterocycles. The highest BCUT2D eigenvalue weighted by atomic mass is 16.6. The van der Waals surface area contributed by atoms with Gasteiger partial charge in [-0.2, -0.15) is 5.10 Å². The third-order valence-electron chi connectivity index (χ3n) is 4.32. The van der Waals surface area contributed by atoms with Crippen LogP contribution in [0.2, 0.25) is 0 Å². The molecule has 3 aromatic rings. The second-order valence-electron chi connectivity index (χ2n) is 6.88. The number of esters is 1. The van der Waals surface area contributed by atoms with Gasteiger partial charge in [-0.3, -0.25) is 19.7 Å². The Bertz CT molecular complexity index is 1200. The largest absolute Gasteiger partial charge is 0.480 e. The fraction of sp³-hybridized carbons (Fsp3) is 0.182. The van der Waals surface area contributed by atoms with E-state index in [1.165, 1.54) is 42.1 Å². The highest BCUT2D eigenvalue weighted by Crippen LogP contribution is 2.22. The number of nitro benzene ring substituents is 1. The van der Waals surface area contributed by atoms with Crippen molar-refractivity contribution in [2.75, 3.05) is 23.8 Å². The van der Waals surface area contributed by atoms with Gasteiger partial charge < -0.3 is 20.1 Å². The molecule has 176 valence electrons. The lowest BCUT2D eigenvalue weighted by Crippen LogP contribution is -2.20. The normalized spacial score (nSPS) is 10.3. The molecule has 2 aromatic carbocycles. The van der Waals surface area contributed by atoms with Crippen LogP contribution in [0.3, 0.4) is 0 Å². The molecule has 1 aromatic heterocycles. The number of carbonyl (C=O) groups excluding carboxylic acids is 3. The summed E-state index contributed by atoms with van der Waals surface area (Å²) in [4.78, 5) is 46.0. The van der Waals surface area contributed by atoms with Gasteiger partial charge in [-0.05, 0) is 43.3 Å². The molecule has 2 N–H and O–H groups in total. The van der Waals surface area contributed by atoms with Gasteiger partial charge in [-0.15, -0.1) is 0 Å². The van der Waals surface area contributed by atoms with E-state index in [4.69, 9.17) is 9.47 Å². The number of hydrogen-bond acceptors (Lipinski definition) is 8. The summed E-state index contributed by atoms with van der Waals surface area (Å²) >= 11 is 0. The van der Waals surface area contributed by atoms with Gasteiger partial charge in [0.25, 0.3) is 11.6 Å². The average Bonchev–Trinajstić information content (AvgIpc) is 3.23. The van der Waals surface area contributed by atoms with Gasteiger partial charge in [-0.1, -0.05) is 0 Å². The number of aromatic nitrogens is 2. The summed E-state index contributed by atoms with van der Waals surface area (Å²) in [5.41, 5.74) is 1.26. The number of hydrogen-bond donors (Lipinski definition) is 2. The molecule has 0 saturated carbocycles. The van der Waals surface area contributed by atoms with Crippen molar-refractivity contribution in [2.45, 2.75) is 13.8 Å². The van der Waals surface area contributed by atoms with Crippen molar-refractivity contribution in [3.05, 3.63) is 70.5 Å². The van der Waals surface area contributed by atoms with Gasteiger partial charge in [0.2, 0.25) is 11.6 Å². The van der Waals surface area contributed by atoms with Gasteiger partial charge in [0.15, 0.2) is 12.4 Å². The Balaban J connectivity index is 1.72. The van der Waals surface area contributed by atoms with E-state index in [1.54, 1.807) is 31.2 Å². The maximum absolute atomic E-state index is 12.3. The number of carbonyl (C=O) groups is 3. The Morgan fingerprint density at radius 3 is 2.21 bits per heavy atom. The molecule has 1 heterocycles. The predicted octanol–water partition coefficient (Wildman–Crippen LogP) is 2.93. The zero-order valence-corrected chi connectivity index (χ0v) is 18.3. The van der Waals surface area contributed by atoms with Crippen LogP contribution in [0.5, 0.6) is 5.75 Å². The van der Waals surface area contributed by atoms with Crippen LogP contribution in [-0.2, 0) is 14.3 Å². The second kappa shape index (κ2) is 10.7. The van der Waals surface area contributed by atoms with Crippen LogP contribution >= 0.6 is 0 Å². The molecule has 12 nitrogen and oxygen atoms in total. The zero-order valence-electron chi connectivity index (χ0n) is 18.3. The van der Waals surface area contributed by atoms with Crippen LogP contribution in [0.1, 0.15) is 24.3 Å². The van der Waals surface area contributed by atoms with Crippen LogP contribution in [0.4, 0.5) is 17.1 Å². The van der Waals surface area contributed by atoms with E-state index in [0.29, 0.717) is 17.1 Å². The van der Waals surface area contributed by atoms with Gasteiger partial charge in [-0.25, -0.2) is 9.48 Å². The van der Waals surface area contributed by atoms with Crippen LogP contribution in [-0.4, -0.2) is 45.7 Å². The van der Waals surface area contributed by atoms with Gasteiger partial charge >= 0.3 is 5.97 Å². The van der Waals surface area contributed by atoms with Crippen molar-refractivity contribution in [3.63, 3.8) is 0 Å². The van der Waals surface area contributed by atoms with Crippen LogP contribution < -0.4 is 15.4 Å². The number of benzene rings is 2. The minimum atomic E-state index is -0.743. The SMILES string of the molecule is CCOC(=O)c1nn(-c2ccc([N+](=O)[O-])cc2)cc1OCC(=O)Nc1ccc(NC(C)=O)cc1. The molecule has 0 bridgehead atoms. The summed E-state index contributed by atoms with van der Waals surface area (Å²) in [6, 6.07) is 12.0. The number of ether oxygens (including phenoxy) is 2. The van der Waals surface area contributed by atoms with E-state index >= 15 is 0 Å². The number of rotatable bonds is 9. The highest BCUT2D eigenvalue weighted by Gasteiger charge is 2.21. The molecule has 0 unspecified atom stereocenters. The zero-order chi connectivity index (χ0) is 24.7. The molecule has 0 aliphatic rings. The molecule has 0 fully saturated rings. The Morgan fingerprint density at radius 2 is 1.65 bits per heavy atom. The third-order valence-corrected chi connectivity index (χ3v) is 4.32. The first-order valence-electron chi connectivity index (χ1n) is 10.1. The average molecular weight is 467 g/mol. The maximum atomic E-state index is 12.3. The number of nitrogens with zero attached hydrogens (tertiary/aromatic N) is 3. The number of anilines is 2. The molecule has 2 amide bonds. The standard InChI is InChI=1S/C22H21N5O7/c1-3-33-22(30)21-19(12-26(25-21)17-8-10-18(11-9-17)27(31)32)34-13-20(29)24-16-6-4-15(5-7-16)23-14(2)28/h4-12H,3,13H2,1-2H3,(H,23,28)(H,24,29). The molecular weight excluding hydrogens is 446 g/mol. The summed E-state index contributed by atoms with van der Waals surface area (Å²) in [5, 5.41) is 20.3. The Hall–Kier alpha value is -4.74. The molecule has 34 heavy (non-hydrogen) atoms. The quantitative estimate of drug-likeness (QED) is 0.276. The summed E-state index contributed by atoms with van der Waals surface area (Å²) in [6.07, 6.45) is 1.38.